The molecule has 1 saturated heterocycles. The van der Waals surface area contributed by atoms with Gasteiger partial charge in [-0.05, 0) is 42.4 Å². The molecule has 1 heterocycles. The summed E-state index contributed by atoms with van der Waals surface area (Å²) in [5, 5.41) is 3.05. The zero-order valence-electron chi connectivity index (χ0n) is 16.9. The van der Waals surface area contributed by atoms with Gasteiger partial charge in [-0.15, -0.1) is 0 Å². The first-order valence-electron chi connectivity index (χ1n) is 10.3. The highest BCUT2D eigenvalue weighted by atomic mass is 16.2. The minimum Gasteiger partial charge on any atom is -0.355 e. The van der Waals surface area contributed by atoms with Gasteiger partial charge in [-0.2, -0.15) is 0 Å². The Labute approximate surface area is 167 Å². The summed E-state index contributed by atoms with van der Waals surface area (Å²) in [5.74, 6) is -0.0424. The molecule has 1 N–H and O–H groups in total. The van der Waals surface area contributed by atoms with Gasteiger partial charge in [0.05, 0.1) is 12.0 Å². The van der Waals surface area contributed by atoms with E-state index in [0.29, 0.717) is 13.1 Å². The van der Waals surface area contributed by atoms with Crippen LogP contribution in [-0.2, 0) is 22.4 Å². The van der Waals surface area contributed by atoms with Crippen molar-refractivity contribution in [1.29, 1.82) is 0 Å². The minimum atomic E-state index is -0.133. The molecule has 2 atom stereocenters. The lowest BCUT2D eigenvalue weighted by Gasteiger charge is -2.39. The maximum atomic E-state index is 12.6. The zero-order chi connectivity index (χ0) is 19.9. The molecule has 0 aromatic heterocycles. The van der Waals surface area contributed by atoms with Gasteiger partial charge in [-0.1, -0.05) is 61.5 Å². The SMILES string of the molecule is CCc1ccc([C@@H]2CC[C@H](C(=O)NCCc3ccccc3)CN2C(C)=O)cc1. The van der Waals surface area contributed by atoms with Gasteiger partial charge in [-0.25, -0.2) is 0 Å². The molecule has 1 aliphatic rings. The van der Waals surface area contributed by atoms with Gasteiger partial charge in [0.25, 0.3) is 0 Å². The Hall–Kier alpha value is -2.62. The Morgan fingerprint density at radius 2 is 1.71 bits per heavy atom. The number of carbonyl (C=O) groups is 2. The van der Waals surface area contributed by atoms with Crippen molar-refractivity contribution >= 4 is 11.8 Å². The van der Waals surface area contributed by atoms with E-state index in [2.05, 4.69) is 48.6 Å². The average molecular weight is 379 g/mol. The van der Waals surface area contributed by atoms with E-state index in [-0.39, 0.29) is 23.8 Å². The number of amides is 2. The molecule has 0 saturated carbocycles. The van der Waals surface area contributed by atoms with Crippen LogP contribution in [0.4, 0.5) is 0 Å². The molecule has 0 spiro atoms. The van der Waals surface area contributed by atoms with E-state index in [1.165, 1.54) is 11.1 Å². The van der Waals surface area contributed by atoms with Crippen molar-refractivity contribution in [1.82, 2.24) is 10.2 Å². The second-order valence-corrected chi connectivity index (χ2v) is 7.58. The maximum Gasteiger partial charge on any atom is 0.224 e. The fraction of sp³-hybridized carbons (Fsp3) is 0.417. The molecule has 0 bridgehead atoms. The van der Waals surface area contributed by atoms with Crippen LogP contribution in [0.15, 0.2) is 54.6 Å². The number of likely N-dealkylation sites (tertiary alicyclic amines) is 1. The van der Waals surface area contributed by atoms with E-state index in [9.17, 15) is 9.59 Å². The molecule has 28 heavy (non-hydrogen) atoms. The first-order valence-corrected chi connectivity index (χ1v) is 10.3. The summed E-state index contributed by atoms with van der Waals surface area (Å²) in [7, 11) is 0. The highest BCUT2D eigenvalue weighted by Gasteiger charge is 2.34. The number of nitrogens with one attached hydrogen (secondary N) is 1. The molecule has 0 radical (unpaired) electrons. The smallest absolute Gasteiger partial charge is 0.224 e. The lowest BCUT2D eigenvalue weighted by atomic mass is 9.88. The van der Waals surface area contributed by atoms with Gasteiger partial charge in [0.1, 0.15) is 0 Å². The summed E-state index contributed by atoms with van der Waals surface area (Å²) in [4.78, 5) is 26.8. The number of nitrogens with zero attached hydrogens (tertiary/aromatic N) is 1. The van der Waals surface area contributed by atoms with Gasteiger partial charge in [0.2, 0.25) is 11.8 Å². The quantitative estimate of drug-likeness (QED) is 0.829. The van der Waals surface area contributed by atoms with E-state index in [4.69, 9.17) is 0 Å². The number of aryl methyl sites for hydroxylation is 1. The summed E-state index contributed by atoms with van der Waals surface area (Å²) < 4.78 is 0. The Morgan fingerprint density at radius 1 is 1.00 bits per heavy atom. The predicted octanol–water partition coefficient (Wildman–Crippen LogP) is 3.91. The molecule has 2 aromatic rings. The summed E-state index contributed by atoms with van der Waals surface area (Å²) >= 11 is 0. The lowest BCUT2D eigenvalue weighted by Crippen LogP contribution is -2.46. The van der Waals surface area contributed by atoms with Gasteiger partial charge in [0, 0.05) is 20.0 Å². The first kappa shape index (κ1) is 20.1. The van der Waals surface area contributed by atoms with Crippen molar-refractivity contribution in [3.63, 3.8) is 0 Å². The fourth-order valence-corrected chi connectivity index (χ4v) is 3.97. The Morgan fingerprint density at radius 3 is 2.36 bits per heavy atom. The van der Waals surface area contributed by atoms with Crippen molar-refractivity contribution in [2.75, 3.05) is 13.1 Å². The van der Waals surface area contributed by atoms with Gasteiger partial charge >= 0.3 is 0 Å². The summed E-state index contributed by atoms with van der Waals surface area (Å²) in [6.07, 6.45) is 3.46. The second kappa shape index (κ2) is 9.54. The van der Waals surface area contributed by atoms with Gasteiger partial charge < -0.3 is 10.2 Å². The molecule has 148 valence electrons. The normalized spacial score (nSPS) is 19.3. The number of piperidine rings is 1. The standard InChI is InChI=1S/C24H30N2O2/c1-3-19-9-11-21(12-10-19)23-14-13-22(17-26(23)18(2)27)24(28)25-16-15-20-7-5-4-6-8-20/h4-12,22-23H,3,13-17H2,1-2H3,(H,25,28)/t22-,23-/m0/s1. The predicted molar refractivity (Wildman–Crippen MR) is 112 cm³/mol. The molecule has 1 aliphatic heterocycles. The van der Waals surface area contributed by atoms with Gasteiger partial charge in [0.15, 0.2) is 0 Å². The molecule has 4 nitrogen and oxygen atoms in total. The molecular weight excluding hydrogens is 348 g/mol. The first-order chi connectivity index (χ1) is 13.6. The zero-order valence-corrected chi connectivity index (χ0v) is 16.9. The summed E-state index contributed by atoms with van der Waals surface area (Å²) in [6, 6.07) is 18.7. The van der Waals surface area contributed by atoms with Crippen molar-refractivity contribution in [2.24, 2.45) is 5.92 Å². The monoisotopic (exact) mass is 378 g/mol. The Bertz CT molecular complexity index is 786. The highest BCUT2D eigenvalue weighted by molar-refractivity contribution is 5.81. The number of carbonyl (C=O) groups excluding carboxylic acids is 2. The third-order valence-electron chi connectivity index (χ3n) is 5.69. The summed E-state index contributed by atoms with van der Waals surface area (Å²) in [5.41, 5.74) is 3.67. The van der Waals surface area contributed by atoms with E-state index in [1.54, 1.807) is 6.92 Å². The third kappa shape index (κ3) is 5.00. The second-order valence-electron chi connectivity index (χ2n) is 7.58. The lowest BCUT2D eigenvalue weighted by molar-refractivity contribution is -0.137. The van der Waals surface area contributed by atoms with Gasteiger partial charge in [-0.3, -0.25) is 9.59 Å². The number of hydrogen-bond donors (Lipinski definition) is 1. The third-order valence-corrected chi connectivity index (χ3v) is 5.69. The van der Waals surface area contributed by atoms with Crippen molar-refractivity contribution in [2.45, 2.75) is 45.6 Å². The molecular formula is C24H30N2O2. The van der Waals surface area contributed by atoms with Crippen LogP contribution >= 0.6 is 0 Å². The van der Waals surface area contributed by atoms with Crippen LogP contribution in [0.2, 0.25) is 0 Å². The van der Waals surface area contributed by atoms with Crippen LogP contribution in [0.25, 0.3) is 0 Å². The molecule has 2 aromatic carbocycles. The molecule has 0 unspecified atom stereocenters. The maximum absolute atomic E-state index is 12.6. The van der Waals surface area contributed by atoms with Crippen molar-refractivity contribution in [3.8, 4) is 0 Å². The van der Waals surface area contributed by atoms with Crippen LogP contribution in [0, 0.1) is 5.92 Å². The van der Waals surface area contributed by atoms with E-state index >= 15 is 0 Å². The number of hydrogen-bond acceptors (Lipinski definition) is 2. The van der Waals surface area contributed by atoms with E-state index < -0.39 is 0 Å². The molecule has 3 rings (SSSR count). The molecule has 4 heteroatoms. The largest absolute Gasteiger partial charge is 0.355 e. The average Bonchev–Trinajstić information content (AvgIpc) is 2.74. The Kier molecular flexibility index (Phi) is 6.85. The summed E-state index contributed by atoms with van der Waals surface area (Å²) in [6.45, 7) is 4.86. The molecule has 2 amide bonds. The Balaban J connectivity index is 1.58. The van der Waals surface area contributed by atoms with E-state index in [0.717, 1.165) is 31.2 Å². The van der Waals surface area contributed by atoms with Crippen LogP contribution in [0.1, 0.15) is 49.4 Å². The van der Waals surface area contributed by atoms with Crippen LogP contribution in [0.3, 0.4) is 0 Å². The van der Waals surface area contributed by atoms with Crippen molar-refractivity contribution in [3.05, 3.63) is 71.3 Å². The van der Waals surface area contributed by atoms with Crippen LogP contribution in [0.5, 0.6) is 0 Å². The van der Waals surface area contributed by atoms with Crippen LogP contribution < -0.4 is 5.32 Å². The minimum absolute atomic E-state index is 0.0337. The van der Waals surface area contributed by atoms with Crippen LogP contribution in [-0.4, -0.2) is 29.8 Å². The fourth-order valence-electron chi connectivity index (χ4n) is 3.97. The number of rotatable bonds is 6. The molecule has 0 aliphatic carbocycles. The molecule has 1 fully saturated rings. The highest BCUT2D eigenvalue weighted by Crippen LogP contribution is 2.33. The van der Waals surface area contributed by atoms with Crippen molar-refractivity contribution < 1.29 is 9.59 Å². The van der Waals surface area contributed by atoms with E-state index in [1.807, 2.05) is 23.1 Å². The number of benzene rings is 2. The topological polar surface area (TPSA) is 49.4 Å².